The molecule has 0 saturated carbocycles. The van der Waals surface area contributed by atoms with Crippen molar-refractivity contribution in [3.05, 3.63) is 0 Å². The highest BCUT2D eigenvalue weighted by Crippen LogP contribution is 2.09. The minimum absolute atomic E-state index is 0.0110. The molecule has 70 valence electrons. The number of carbonyl (C=O) groups excluding carboxylic acids is 1. The molecule has 4 nitrogen and oxygen atoms in total. The fourth-order valence-corrected chi connectivity index (χ4v) is 1.53. The Labute approximate surface area is 72.6 Å². The van der Waals surface area contributed by atoms with E-state index in [2.05, 4.69) is 5.32 Å². The van der Waals surface area contributed by atoms with E-state index in [1.807, 2.05) is 6.92 Å². The van der Waals surface area contributed by atoms with Crippen LogP contribution in [0.2, 0.25) is 0 Å². The van der Waals surface area contributed by atoms with Gasteiger partial charge in [0.1, 0.15) is 0 Å². The molecule has 0 aromatic heterocycles. The van der Waals surface area contributed by atoms with Crippen molar-refractivity contribution in [3.8, 4) is 0 Å². The van der Waals surface area contributed by atoms with Gasteiger partial charge in [0.2, 0.25) is 0 Å². The number of aliphatic hydroxyl groups excluding tert-OH is 1. The Morgan fingerprint density at radius 2 is 2.33 bits per heavy atom. The fourth-order valence-electron chi connectivity index (χ4n) is 1.53. The molecule has 1 heterocycles. The van der Waals surface area contributed by atoms with E-state index in [0.29, 0.717) is 6.42 Å². The zero-order chi connectivity index (χ0) is 9.14. The van der Waals surface area contributed by atoms with E-state index in [0.717, 1.165) is 13.1 Å². The maximum absolute atomic E-state index is 11.1. The number of nitrogens with zero attached hydrogens (tertiary/aromatic N) is 1. The highest BCUT2D eigenvalue weighted by atomic mass is 16.3. The van der Waals surface area contributed by atoms with Crippen molar-refractivity contribution in [1.82, 2.24) is 10.2 Å². The van der Waals surface area contributed by atoms with E-state index < -0.39 is 0 Å². The second-order valence-electron chi connectivity index (χ2n) is 3.36. The van der Waals surface area contributed by atoms with Crippen LogP contribution in [0, 0.1) is 0 Å². The third-order valence-corrected chi connectivity index (χ3v) is 2.10. The van der Waals surface area contributed by atoms with Gasteiger partial charge < -0.3 is 15.3 Å². The average Bonchev–Trinajstić information content (AvgIpc) is 2.33. The van der Waals surface area contributed by atoms with Gasteiger partial charge in [-0.1, -0.05) is 0 Å². The lowest BCUT2D eigenvalue weighted by Crippen LogP contribution is -2.37. The molecule has 2 unspecified atom stereocenters. The van der Waals surface area contributed by atoms with E-state index in [-0.39, 0.29) is 18.2 Å². The monoisotopic (exact) mass is 172 g/mol. The zero-order valence-corrected chi connectivity index (χ0v) is 7.58. The smallest absolute Gasteiger partial charge is 0.317 e. The number of carbonyl (C=O) groups is 1. The Balaban J connectivity index is 2.40. The predicted octanol–water partition coefficient (Wildman–Crippen LogP) is 0.171. The van der Waals surface area contributed by atoms with Crippen LogP contribution in [0.15, 0.2) is 0 Å². The minimum atomic E-state index is -0.339. The van der Waals surface area contributed by atoms with Crippen molar-refractivity contribution in [2.45, 2.75) is 32.4 Å². The van der Waals surface area contributed by atoms with E-state index >= 15 is 0 Å². The first kappa shape index (κ1) is 9.32. The van der Waals surface area contributed by atoms with Crippen LogP contribution in [0.4, 0.5) is 4.79 Å². The molecule has 0 bridgehead atoms. The van der Waals surface area contributed by atoms with Crippen LogP contribution in [-0.2, 0) is 0 Å². The average molecular weight is 172 g/mol. The third kappa shape index (κ3) is 2.11. The molecule has 2 atom stereocenters. The van der Waals surface area contributed by atoms with Gasteiger partial charge in [-0.25, -0.2) is 4.79 Å². The Morgan fingerprint density at radius 1 is 1.67 bits per heavy atom. The maximum atomic E-state index is 11.1. The van der Waals surface area contributed by atoms with Crippen LogP contribution in [0.3, 0.4) is 0 Å². The molecule has 0 spiro atoms. The van der Waals surface area contributed by atoms with E-state index in [1.165, 1.54) is 0 Å². The summed E-state index contributed by atoms with van der Waals surface area (Å²) in [6, 6.07) is 0.121. The summed E-state index contributed by atoms with van der Waals surface area (Å²) in [7, 11) is 0. The van der Waals surface area contributed by atoms with Crippen molar-refractivity contribution >= 4 is 6.03 Å². The third-order valence-electron chi connectivity index (χ3n) is 2.10. The summed E-state index contributed by atoms with van der Waals surface area (Å²) in [6.45, 7) is 5.18. The van der Waals surface area contributed by atoms with Crippen LogP contribution in [0.1, 0.15) is 20.3 Å². The Morgan fingerprint density at radius 3 is 2.75 bits per heavy atom. The molecule has 2 N–H and O–H groups in total. The van der Waals surface area contributed by atoms with Gasteiger partial charge in [0, 0.05) is 19.1 Å². The molecular weight excluding hydrogens is 156 g/mol. The van der Waals surface area contributed by atoms with E-state index in [1.54, 1.807) is 11.8 Å². The number of rotatable bonds is 3. The number of aliphatic hydroxyl groups is 1. The zero-order valence-electron chi connectivity index (χ0n) is 7.58. The lowest BCUT2D eigenvalue weighted by molar-refractivity contribution is 0.139. The molecule has 0 aromatic carbocycles. The number of urea groups is 1. The topological polar surface area (TPSA) is 52.6 Å². The first-order valence-corrected chi connectivity index (χ1v) is 4.34. The first-order valence-electron chi connectivity index (χ1n) is 4.34. The predicted molar refractivity (Wildman–Crippen MR) is 45.9 cm³/mol. The Bertz CT molecular complexity index is 170. The second kappa shape index (κ2) is 3.76. The van der Waals surface area contributed by atoms with Crippen LogP contribution in [0.5, 0.6) is 0 Å². The van der Waals surface area contributed by atoms with E-state index in [4.69, 9.17) is 5.11 Å². The molecule has 1 aliphatic rings. The van der Waals surface area contributed by atoms with Gasteiger partial charge in [0.05, 0.1) is 6.10 Å². The maximum Gasteiger partial charge on any atom is 0.317 e. The Hall–Kier alpha value is -0.770. The van der Waals surface area contributed by atoms with Gasteiger partial charge in [-0.05, 0) is 20.3 Å². The molecule has 1 saturated heterocycles. The van der Waals surface area contributed by atoms with Crippen molar-refractivity contribution < 1.29 is 9.90 Å². The lowest BCUT2D eigenvalue weighted by atomic mass is 10.1. The van der Waals surface area contributed by atoms with Crippen molar-refractivity contribution in [3.63, 3.8) is 0 Å². The number of amides is 2. The van der Waals surface area contributed by atoms with Crippen LogP contribution >= 0.6 is 0 Å². The number of hydrogen-bond donors (Lipinski definition) is 2. The quantitative estimate of drug-likeness (QED) is 0.637. The largest absolute Gasteiger partial charge is 0.393 e. The van der Waals surface area contributed by atoms with Crippen LogP contribution in [-0.4, -0.2) is 41.3 Å². The molecule has 1 fully saturated rings. The molecular formula is C8H16N2O2. The first-order chi connectivity index (χ1) is 5.61. The minimum Gasteiger partial charge on any atom is -0.393 e. The van der Waals surface area contributed by atoms with Crippen LogP contribution < -0.4 is 5.32 Å². The van der Waals surface area contributed by atoms with E-state index in [9.17, 15) is 4.79 Å². The van der Waals surface area contributed by atoms with Gasteiger partial charge in [-0.2, -0.15) is 0 Å². The van der Waals surface area contributed by atoms with Gasteiger partial charge in [0.25, 0.3) is 0 Å². The summed E-state index contributed by atoms with van der Waals surface area (Å²) in [5.41, 5.74) is 0. The number of hydrogen-bond acceptors (Lipinski definition) is 2. The standard InChI is InChI=1S/C8H16N2O2/c1-6(5-7(2)11)10-4-3-9-8(10)12/h6-7,11H,3-5H2,1-2H3,(H,9,12). The molecule has 2 amide bonds. The Kier molecular flexibility index (Phi) is 2.92. The van der Waals surface area contributed by atoms with Crippen LogP contribution in [0.25, 0.3) is 0 Å². The highest BCUT2D eigenvalue weighted by Gasteiger charge is 2.24. The van der Waals surface area contributed by atoms with Gasteiger partial charge in [0.15, 0.2) is 0 Å². The molecule has 0 radical (unpaired) electrons. The lowest BCUT2D eigenvalue weighted by Gasteiger charge is -2.23. The summed E-state index contributed by atoms with van der Waals surface area (Å²) >= 11 is 0. The van der Waals surface area contributed by atoms with Gasteiger partial charge in [-0.3, -0.25) is 0 Å². The summed E-state index contributed by atoms with van der Waals surface area (Å²) in [5, 5.41) is 11.8. The molecule has 0 aromatic rings. The molecule has 12 heavy (non-hydrogen) atoms. The van der Waals surface area contributed by atoms with Gasteiger partial charge >= 0.3 is 6.03 Å². The SMILES string of the molecule is CC(O)CC(C)N1CCNC1=O. The summed E-state index contributed by atoms with van der Waals surface area (Å²) < 4.78 is 0. The normalized spacial score (nSPS) is 22.2. The molecule has 0 aliphatic carbocycles. The summed E-state index contributed by atoms with van der Waals surface area (Å²) in [5.74, 6) is 0. The van der Waals surface area contributed by atoms with Gasteiger partial charge in [-0.15, -0.1) is 0 Å². The summed E-state index contributed by atoms with van der Waals surface area (Å²) in [4.78, 5) is 12.9. The number of nitrogens with one attached hydrogen (secondary N) is 1. The summed E-state index contributed by atoms with van der Waals surface area (Å²) in [6.07, 6.45) is 0.307. The highest BCUT2D eigenvalue weighted by molar-refractivity contribution is 5.76. The molecule has 1 rings (SSSR count). The molecule has 1 aliphatic heterocycles. The fraction of sp³-hybridized carbons (Fsp3) is 0.875. The van der Waals surface area contributed by atoms with Crippen molar-refractivity contribution in [2.75, 3.05) is 13.1 Å². The van der Waals surface area contributed by atoms with Crippen molar-refractivity contribution in [1.29, 1.82) is 0 Å². The van der Waals surface area contributed by atoms with Crippen molar-refractivity contribution in [2.24, 2.45) is 0 Å². The second-order valence-corrected chi connectivity index (χ2v) is 3.36. The molecule has 4 heteroatoms.